The highest BCUT2D eigenvalue weighted by atomic mass is 35.5. The van der Waals surface area contributed by atoms with Crippen molar-refractivity contribution < 1.29 is 14.6 Å². The van der Waals surface area contributed by atoms with Gasteiger partial charge in [-0.25, -0.2) is 0 Å². The van der Waals surface area contributed by atoms with Gasteiger partial charge in [0, 0.05) is 30.5 Å². The van der Waals surface area contributed by atoms with Crippen LogP contribution in [0.4, 0.5) is 5.69 Å². The summed E-state index contributed by atoms with van der Waals surface area (Å²) in [6, 6.07) is 7.31. The molecule has 1 saturated heterocycles. The minimum absolute atomic E-state index is 0.0129. The van der Waals surface area contributed by atoms with Crippen molar-refractivity contribution in [3.8, 4) is 0 Å². The number of carboxylic acid groups (broad SMARTS) is 1. The molecule has 1 aliphatic rings. The molecule has 0 amide bonds. The topological polar surface area (TPSA) is 49.8 Å². The zero-order valence-electron chi connectivity index (χ0n) is 10.7. The van der Waals surface area contributed by atoms with Crippen LogP contribution < -0.4 is 4.90 Å². The van der Waals surface area contributed by atoms with E-state index in [4.69, 9.17) is 21.4 Å². The Morgan fingerprint density at radius 3 is 2.53 bits per heavy atom. The standard InChI is InChI=1S/C14H18ClNO3/c15-12-1-3-13(4-2-12)16(10-14(17)18)9-11-5-7-19-8-6-11/h1-4,11H,5-10H2,(H,17,18). The largest absolute Gasteiger partial charge is 0.480 e. The number of aliphatic carboxylic acids is 1. The van der Waals surface area contributed by atoms with Gasteiger partial charge < -0.3 is 14.7 Å². The van der Waals surface area contributed by atoms with Crippen LogP contribution in [0.15, 0.2) is 24.3 Å². The number of ether oxygens (including phenoxy) is 1. The van der Waals surface area contributed by atoms with Gasteiger partial charge in [0.05, 0.1) is 0 Å². The molecule has 0 bridgehead atoms. The van der Waals surface area contributed by atoms with Crippen molar-refractivity contribution in [3.05, 3.63) is 29.3 Å². The van der Waals surface area contributed by atoms with Gasteiger partial charge in [0.1, 0.15) is 6.54 Å². The Bertz CT molecular complexity index is 415. The molecule has 104 valence electrons. The first-order valence-corrected chi connectivity index (χ1v) is 6.83. The molecule has 0 aromatic heterocycles. The van der Waals surface area contributed by atoms with Crippen molar-refractivity contribution in [1.82, 2.24) is 0 Å². The minimum atomic E-state index is -0.818. The molecule has 0 saturated carbocycles. The zero-order valence-corrected chi connectivity index (χ0v) is 11.5. The van der Waals surface area contributed by atoms with Crippen LogP contribution in [-0.2, 0) is 9.53 Å². The monoisotopic (exact) mass is 283 g/mol. The van der Waals surface area contributed by atoms with Crippen LogP contribution in [0.1, 0.15) is 12.8 Å². The number of halogens is 1. The fraction of sp³-hybridized carbons (Fsp3) is 0.500. The van der Waals surface area contributed by atoms with Gasteiger partial charge in [-0.2, -0.15) is 0 Å². The number of hydrogen-bond acceptors (Lipinski definition) is 3. The Balaban J connectivity index is 2.06. The third kappa shape index (κ3) is 4.40. The number of rotatable bonds is 5. The van der Waals surface area contributed by atoms with Crippen LogP contribution in [0.5, 0.6) is 0 Å². The number of hydrogen-bond donors (Lipinski definition) is 1. The van der Waals surface area contributed by atoms with E-state index in [0.717, 1.165) is 38.3 Å². The van der Waals surface area contributed by atoms with Gasteiger partial charge in [-0.15, -0.1) is 0 Å². The molecule has 0 unspecified atom stereocenters. The molecule has 0 spiro atoms. The lowest BCUT2D eigenvalue weighted by Crippen LogP contribution is -2.36. The highest BCUT2D eigenvalue weighted by molar-refractivity contribution is 6.30. The molecule has 0 atom stereocenters. The van der Waals surface area contributed by atoms with Gasteiger partial charge in [0.15, 0.2) is 0 Å². The van der Waals surface area contributed by atoms with Crippen molar-refractivity contribution in [2.45, 2.75) is 12.8 Å². The van der Waals surface area contributed by atoms with Crippen molar-refractivity contribution in [2.75, 3.05) is 31.2 Å². The molecular formula is C14H18ClNO3. The first-order valence-electron chi connectivity index (χ1n) is 6.45. The van der Waals surface area contributed by atoms with Crippen molar-refractivity contribution >= 4 is 23.3 Å². The van der Waals surface area contributed by atoms with E-state index in [9.17, 15) is 4.79 Å². The Hall–Kier alpha value is -1.26. The highest BCUT2D eigenvalue weighted by Crippen LogP contribution is 2.22. The molecule has 1 N–H and O–H groups in total. The molecule has 5 heteroatoms. The van der Waals surface area contributed by atoms with Crippen molar-refractivity contribution in [2.24, 2.45) is 5.92 Å². The molecule has 1 fully saturated rings. The van der Waals surface area contributed by atoms with Gasteiger partial charge >= 0.3 is 5.97 Å². The first-order chi connectivity index (χ1) is 9.15. The van der Waals surface area contributed by atoms with Crippen molar-refractivity contribution in [3.63, 3.8) is 0 Å². The van der Waals surface area contributed by atoms with E-state index < -0.39 is 5.97 Å². The summed E-state index contributed by atoms with van der Waals surface area (Å²) in [4.78, 5) is 12.9. The van der Waals surface area contributed by atoms with Crippen LogP contribution >= 0.6 is 11.6 Å². The third-order valence-electron chi connectivity index (χ3n) is 3.34. The van der Waals surface area contributed by atoms with Crippen LogP contribution in [0.3, 0.4) is 0 Å². The van der Waals surface area contributed by atoms with Gasteiger partial charge in [0.2, 0.25) is 0 Å². The Morgan fingerprint density at radius 2 is 1.95 bits per heavy atom. The maximum atomic E-state index is 11.0. The smallest absolute Gasteiger partial charge is 0.323 e. The fourth-order valence-corrected chi connectivity index (χ4v) is 2.44. The predicted octanol–water partition coefficient (Wildman–Crippen LogP) is 2.66. The summed E-state index contributed by atoms with van der Waals surface area (Å²) in [5.74, 6) is -0.328. The van der Waals surface area contributed by atoms with E-state index in [-0.39, 0.29) is 6.54 Å². The zero-order chi connectivity index (χ0) is 13.7. The predicted molar refractivity (Wildman–Crippen MR) is 74.8 cm³/mol. The minimum Gasteiger partial charge on any atom is -0.480 e. The van der Waals surface area contributed by atoms with Gasteiger partial charge in [-0.1, -0.05) is 11.6 Å². The molecule has 19 heavy (non-hydrogen) atoms. The number of nitrogens with zero attached hydrogens (tertiary/aromatic N) is 1. The average Bonchev–Trinajstić information content (AvgIpc) is 2.39. The number of carboxylic acids is 1. The summed E-state index contributed by atoms with van der Waals surface area (Å²) in [6.45, 7) is 2.30. The summed E-state index contributed by atoms with van der Waals surface area (Å²) < 4.78 is 5.33. The SMILES string of the molecule is O=C(O)CN(CC1CCOCC1)c1ccc(Cl)cc1. The van der Waals surface area contributed by atoms with E-state index in [1.54, 1.807) is 12.1 Å². The second-order valence-corrected chi connectivity index (χ2v) is 5.24. The lowest BCUT2D eigenvalue weighted by atomic mass is 9.99. The molecule has 1 aliphatic heterocycles. The van der Waals surface area contributed by atoms with E-state index in [0.29, 0.717) is 10.9 Å². The quantitative estimate of drug-likeness (QED) is 0.903. The summed E-state index contributed by atoms with van der Waals surface area (Å²) in [6.07, 6.45) is 1.98. The highest BCUT2D eigenvalue weighted by Gasteiger charge is 2.19. The molecule has 1 aromatic rings. The van der Waals surface area contributed by atoms with E-state index in [1.165, 1.54) is 0 Å². The number of benzene rings is 1. The summed E-state index contributed by atoms with van der Waals surface area (Å²) in [7, 11) is 0. The van der Waals surface area contributed by atoms with Gasteiger partial charge in [-0.3, -0.25) is 4.79 Å². The molecule has 1 aromatic carbocycles. The first kappa shape index (κ1) is 14.2. The Labute approximate surface area is 117 Å². The van der Waals surface area contributed by atoms with E-state index in [2.05, 4.69) is 0 Å². The third-order valence-corrected chi connectivity index (χ3v) is 3.59. The number of carbonyl (C=O) groups is 1. The molecule has 2 rings (SSSR count). The lowest BCUT2D eigenvalue weighted by Gasteiger charge is -2.30. The van der Waals surface area contributed by atoms with Gasteiger partial charge in [-0.05, 0) is 43.0 Å². The Kier molecular flexibility index (Phi) is 5.05. The molecule has 4 nitrogen and oxygen atoms in total. The molecule has 0 aliphatic carbocycles. The van der Waals surface area contributed by atoms with Crippen LogP contribution in [-0.4, -0.2) is 37.4 Å². The van der Waals surface area contributed by atoms with Crippen LogP contribution in [0.25, 0.3) is 0 Å². The maximum Gasteiger partial charge on any atom is 0.323 e. The molecular weight excluding hydrogens is 266 g/mol. The maximum absolute atomic E-state index is 11.0. The fourth-order valence-electron chi connectivity index (χ4n) is 2.32. The molecule has 1 heterocycles. The summed E-state index contributed by atoms with van der Waals surface area (Å²) >= 11 is 5.86. The van der Waals surface area contributed by atoms with Crippen LogP contribution in [0.2, 0.25) is 5.02 Å². The summed E-state index contributed by atoms with van der Waals surface area (Å²) in [5.41, 5.74) is 0.901. The summed E-state index contributed by atoms with van der Waals surface area (Å²) in [5, 5.41) is 9.69. The molecule has 0 radical (unpaired) electrons. The van der Waals surface area contributed by atoms with Gasteiger partial charge in [0.25, 0.3) is 0 Å². The van der Waals surface area contributed by atoms with Crippen LogP contribution in [0, 0.1) is 5.92 Å². The normalized spacial score (nSPS) is 16.3. The second-order valence-electron chi connectivity index (χ2n) is 4.81. The average molecular weight is 284 g/mol. The van der Waals surface area contributed by atoms with E-state index in [1.807, 2.05) is 17.0 Å². The number of anilines is 1. The van der Waals surface area contributed by atoms with Crippen molar-refractivity contribution in [1.29, 1.82) is 0 Å². The second kappa shape index (κ2) is 6.78. The van der Waals surface area contributed by atoms with E-state index >= 15 is 0 Å². The Morgan fingerprint density at radius 1 is 1.32 bits per heavy atom. The lowest BCUT2D eigenvalue weighted by molar-refractivity contribution is -0.135.